The number of aromatic nitrogens is 1. The molecular weight excluding hydrogens is 428 g/mol. The number of unbranched alkanes of at least 4 members (excludes halogenated alkanes) is 3. The summed E-state index contributed by atoms with van der Waals surface area (Å²) in [7, 11) is 0. The first-order chi connectivity index (χ1) is 14.1. The smallest absolute Gasteiger partial charge is 0.265 e. The normalized spacial score (nSPS) is 14.1. The first kappa shape index (κ1) is 19.6. The van der Waals surface area contributed by atoms with Crippen molar-refractivity contribution in [3.05, 3.63) is 64.1 Å². The van der Waals surface area contributed by atoms with Gasteiger partial charge in [-0.2, -0.15) is 0 Å². The molecule has 0 atom stereocenters. The molecule has 0 unspecified atom stereocenters. The molecule has 2 heterocycles. The topological polar surface area (TPSA) is 62.0 Å². The minimum Gasteiger partial charge on any atom is -0.354 e. The fourth-order valence-corrected chi connectivity index (χ4v) is 4.37. The van der Waals surface area contributed by atoms with Crippen molar-refractivity contribution in [2.75, 3.05) is 0 Å². The molecule has 1 aromatic heterocycles. The van der Waals surface area contributed by atoms with Gasteiger partial charge in [0.25, 0.3) is 11.8 Å². The van der Waals surface area contributed by atoms with E-state index in [1.807, 2.05) is 30.3 Å². The Hall–Kier alpha value is -2.66. The number of hydrogen-bond donors (Lipinski definition) is 2. The van der Waals surface area contributed by atoms with E-state index in [1.54, 1.807) is 0 Å². The van der Waals surface area contributed by atoms with Gasteiger partial charge in [-0.15, -0.1) is 0 Å². The van der Waals surface area contributed by atoms with Gasteiger partial charge in [-0.1, -0.05) is 62.6 Å². The van der Waals surface area contributed by atoms with E-state index in [-0.39, 0.29) is 10.4 Å². The Balaban J connectivity index is 1.87. The Morgan fingerprint density at radius 3 is 2.41 bits per heavy atom. The summed E-state index contributed by atoms with van der Waals surface area (Å²) in [5.41, 5.74) is 5.19. The van der Waals surface area contributed by atoms with Crippen LogP contribution in [-0.4, -0.2) is 16.8 Å². The van der Waals surface area contributed by atoms with Crippen LogP contribution < -0.4 is 5.32 Å². The lowest BCUT2D eigenvalue weighted by Gasteiger charge is -2.07. The summed E-state index contributed by atoms with van der Waals surface area (Å²) in [4.78, 5) is 28.2. The van der Waals surface area contributed by atoms with Crippen molar-refractivity contribution < 1.29 is 9.59 Å². The fraction of sp³-hybridized carbons (Fsp3) is 0.250. The second kappa shape index (κ2) is 8.37. The molecule has 0 saturated carbocycles. The maximum atomic E-state index is 12.6. The zero-order valence-electron chi connectivity index (χ0n) is 16.3. The number of nitrogens with one attached hydrogen (secondary N) is 2. The Morgan fingerprint density at radius 1 is 0.931 bits per heavy atom. The average molecular weight is 451 g/mol. The van der Waals surface area contributed by atoms with Gasteiger partial charge in [0.1, 0.15) is 0 Å². The predicted molar refractivity (Wildman–Crippen MR) is 121 cm³/mol. The van der Waals surface area contributed by atoms with Gasteiger partial charge < -0.3 is 4.98 Å². The summed E-state index contributed by atoms with van der Waals surface area (Å²) in [6, 6.07) is 16.3. The largest absolute Gasteiger partial charge is 0.354 e. The number of carbonyl (C=O) groups is 2. The number of halogens is 1. The number of rotatable bonds is 7. The molecular formula is C24H23BrN2O2. The van der Waals surface area contributed by atoms with Crippen LogP contribution in [0.2, 0.25) is 0 Å². The lowest BCUT2D eigenvalue weighted by Crippen LogP contribution is -2.22. The van der Waals surface area contributed by atoms with Crippen molar-refractivity contribution in [2.45, 2.75) is 39.0 Å². The molecule has 3 aromatic rings. The van der Waals surface area contributed by atoms with Crippen LogP contribution in [-0.2, 0) is 16.0 Å². The predicted octanol–water partition coefficient (Wildman–Crippen LogP) is 5.72. The first-order valence-electron chi connectivity index (χ1n) is 10.1. The molecule has 2 N–H and O–H groups in total. The highest BCUT2D eigenvalue weighted by atomic mass is 79.9. The second-order valence-corrected chi connectivity index (χ2v) is 8.20. The Kier molecular flexibility index (Phi) is 5.67. The number of amides is 2. The molecule has 29 heavy (non-hydrogen) atoms. The van der Waals surface area contributed by atoms with Crippen molar-refractivity contribution >= 4 is 44.2 Å². The van der Waals surface area contributed by atoms with Gasteiger partial charge in [0.2, 0.25) is 0 Å². The molecule has 5 heteroatoms. The Labute approximate surface area is 178 Å². The monoisotopic (exact) mass is 450 g/mol. The Morgan fingerprint density at radius 2 is 1.72 bits per heavy atom. The van der Waals surface area contributed by atoms with Crippen LogP contribution in [0.5, 0.6) is 0 Å². The number of hydrogen-bond acceptors (Lipinski definition) is 2. The molecule has 0 spiro atoms. The quantitative estimate of drug-likeness (QED) is 0.357. The number of carbonyl (C=O) groups excluding carboxylic acids is 2. The van der Waals surface area contributed by atoms with Crippen LogP contribution in [0.1, 0.15) is 43.7 Å². The van der Waals surface area contributed by atoms with E-state index in [0.29, 0.717) is 5.57 Å². The third-order valence-electron chi connectivity index (χ3n) is 5.37. The zero-order chi connectivity index (χ0) is 20.4. The van der Waals surface area contributed by atoms with E-state index >= 15 is 0 Å². The van der Waals surface area contributed by atoms with E-state index in [0.717, 1.165) is 40.6 Å². The van der Waals surface area contributed by atoms with Gasteiger partial charge >= 0.3 is 0 Å². The lowest BCUT2D eigenvalue weighted by atomic mass is 9.96. The van der Waals surface area contributed by atoms with Gasteiger partial charge in [0, 0.05) is 16.5 Å². The second-order valence-electron chi connectivity index (χ2n) is 7.40. The van der Waals surface area contributed by atoms with Crippen LogP contribution in [0, 0.1) is 0 Å². The summed E-state index contributed by atoms with van der Waals surface area (Å²) in [6.07, 6.45) is 5.84. The third-order valence-corrected chi connectivity index (χ3v) is 6.12. The van der Waals surface area contributed by atoms with E-state index in [1.165, 1.54) is 24.8 Å². The molecule has 0 saturated heterocycles. The standard InChI is InChI=1S/C24H23BrN2O2/c1-2-3-4-6-9-15-12-13-18-17(14-15)19(20-21(25)24(29)27-23(20)28)22(26-18)16-10-7-5-8-11-16/h5,7-8,10-14,26H,2-4,6,9H2,1H3,(H,27,28,29). The van der Waals surface area contributed by atoms with Crippen LogP contribution in [0.15, 0.2) is 53.0 Å². The number of fused-ring (bicyclic) bond motifs is 1. The lowest BCUT2D eigenvalue weighted by molar-refractivity contribution is -0.123. The van der Waals surface area contributed by atoms with Crippen molar-refractivity contribution in [3.8, 4) is 11.3 Å². The maximum absolute atomic E-state index is 12.6. The molecule has 0 radical (unpaired) electrons. The molecule has 4 rings (SSSR count). The summed E-state index contributed by atoms with van der Waals surface area (Å²) < 4.78 is 0.286. The highest BCUT2D eigenvalue weighted by molar-refractivity contribution is 9.12. The number of aryl methyl sites for hydroxylation is 1. The van der Waals surface area contributed by atoms with Gasteiger partial charge in [-0.25, -0.2) is 0 Å². The van der Waals surface area contributed by atoms with Gasteiger partial charge in [0.05, 0.1) is 15.7 Å². The van der Waals surface area contributed by atoms with E-state index in [9.17, 15) is 9.59 Å². The number of benzene rings is 2. The highest BCUT2D eigenvalue weighted by Crippen LogP contribution is 2.40. The molecule has 4 nitrogen and oxygen atoms in total. The van der Waals surface area contributed by atoms with Crippen molar-refractivity contribution in [3.63, 3.8) is 0 Å². The van der Waals surface area contributed by atoms with Gasteiger partial charge in [-0.3, -0.25) is 14.9 Å². The van der Waals surface area contributed by atoms with Gasteiger partial charge in [-0.05, 0) is 52.0 Å². The average Bonchev–Trinajstić information content (AvgIpc) is 3.22. The first-order valence-corrected chi connectivity index (χ1v) is 10.8. The summed E-state index contributed by atoms with van der Waals surface area (Å²) in [5, 5.41) is 3.36. The van der Waals surface area contributed by atoms with Crippen molar-refractivity contribution in [2.24, 2.45) is 0 Å². The molecule has 0 fully saturated rings. The third kappa shape index (κ3) is 3.79. The minimum absolute atomic E-state index is 0.286. The number of aromatic amines is 1. The molecule has 0 bridgehead atoms. The number of imide groups is 1. The van der Waals surface area contributed by atoms with E-state index in [2.05, 4.69) is 51.4 Å². The van der Waals surface area contributed by atoms with Crippen LogP contribution in [0.4, 0.5) is 0 Å². The van der Waals surface area contributed by atoms with E-state index < -0.39 is 5.91 Å². The maximum Gasteiger partial charge on any atom is 0.265 e. The van der Waals surface area contributed by atoms with Crippen LogP contribution in [0.25, 0.3) is 27.7 Å². The van der Waals surface area contributed by atoms with Crippen LogP contribution >= 0.6 is 15.9 Å². The highest BCUT2D eigenvalue weighted by Gasteiger charge is 2.33. The van der Waals surface area contributed by atoms with Crippen LogP contribution in [0.3, 0.4) is 0 Å². The van der Waals surface area contributed by atoms with E-state index in [4.69, 9.17) is 0 Å². The molecule has 1 aliphatic heterocycles. The van der Waals surface area contributed by atoms with Crippen molar-refractivity contribution in [1.29, 1.82) is 0 Å². The summed E-state index contributed by atoms with van der Waals surface area (Å²) in [6.45, 7) is 2.21. The minimum atomic E-state index is -0.394. The fourth-order valence-electron chi connectivity index (χ4n) is 3.89. The molecule has 2 aromatic carbocycles. The zero-order valence-corrected chi connectivity index (χ0v) is 17.9. The molecule has 1 aliphatic rings. The molecule has 148 valence electrons. The summed E-state index contributed by atoms with van der Waals surface area (Å²) >= 11 is 3.33. The van der Waals surface area contributed by atoms with Crippen molar-refractivity contribution in [1.82, 2.24) is 10.3 Å². The molecule has 0 aliphatic carbocycles. The van der Waals surface area contributed by atoms with Gasteiger partial charge in [0.15, 0.2) is 0 Å². The Bertz CT molecular complexity index is 1110. The SMILES string of the molecule is CCCCCCc1ccc2[nH]c(-c3ccccc3)c(C3=C(Br)C(=O)NC3=O)c2c1. The number of H-pyrrole nitrogens is 1. The molecule has 2 amide bonds. The summed E-state index contributed by atoms with van der Waals surface area (Å²) in [5.74, 6) is -0.762.